The maximum Gasteiger partial charge on any atom is 0.319 e. The second-order valence-corrected chi connectivity index (χ2v) is 6.34. The van der Waals surface area contributed by atoms with Gasteiger partial charge in [-0.15, -0.1) is 21.5 Å². The molecule has 0 spiro atoms. The first-order valence-corrected chi connectivity index (χ1v) is 8.29. The van der Waals surface area contributed by atoms with Gasteiger partial charge in [-0.05, 0) is 12.1 Å². The molecule has 7 nitrogen and oxygen atoms in total. The van der Waals surface area contributed by atoms with Gasteiger partial charge < -0.3 is 10.6 Å². The third-order valence-corrected chi connectivity index (χ3v) is 4.50. The molecule has 0 saturated heterocycles. The molecule has 0 aliphatic carbocycles. The number of amides is 2. The van der Waals surface area contributed by atoms with E-state index in [0.717, 1.165) is 10.7 Å². The number of pyridine rings is 1. The second-order valence-electron chi connectivity index (χ2n) is 5.45. The van der Waals surface area contributed by atoms with Crippen molar-refractivity contribution in [1.82, 2.24) is 24.9 Å². The highest BCUT2D eigenvalue weighted by Gasteiger charge is 2.08. The van der Waals surface area contributed by atoms with E-state index in [2.05, 4.69) is 39.7 Å². The van der Waals surface area contributed by atoms with Crippen LogP contribution in [-0.2, 0) is 6.42 Å². The van der Waals surface area contributed by atoms with E-state index in [1.54, 1.807) is 28.1 Å². The fraction of sp³-hybridized carbons (Fsp3) is 0.333. The van der Waals surface area contributed by atoms with Crippen LogP contribution in [0.3, 0.4) is 0 Å². The summed E-state index contributed by atoms with van der Waals surface area (Å²) < 4.78 is 1.75. The van der Waals surface area contributed by atoms with Gasteiger partial charge in [-0.25, -0.2) is 9.78 Å². The lowest BCUT2D eigenvalue weighted by molar-refractivity contribution is 0.252. The first kappa shape index (κ1) is 15.4. The number of rotatable bonds is 5. The van der Waals surface area contributed by atoms with Gasteiger partial charge in [-0.1, -0.05) is 13.8 Å². The van der Waals surface area contributed by atoms with Crippen molar-refractivity contribution in [3.05, 3.63) is 40.7 Å². The zero-order chi connectivity index (χ0) is 16.2. The molecule has 0 unspecified atom stereocenters. The number of aromatic nitrogens is 4. The molecule has 0 atom stereocenters. The van der Waals surface area contributed by atoms with E-state index in [1.165, 1.54) is 0 Å². The van der Waals surface area contributed by atoms with Gasteiger partial charge in [-0.3, -0.25) is 4.40 Å². The van der Waals surface area contributed by atoms with Crippen molar-refractivity contribution in [3.63, 3.8) is 0 Å². The minimum atomic E-state index is -0.264. The average Bonchev–Trinajstić information content (AvgIpc) is 3.16. The van der Waals surface area contributed by atoms with Crippen LogP contribution in [0, 0.1) is 0 Å². The van der Waals surface area contributed by atoms with Crippen molar-refractivity contribution < 1.29 is 4.79 Å². The Kier molecular flexibility index (Phi) is 4.52. The Bertz CT molecular complexity index is 809. The second kappa shape index (κ2) is 6.74. The largest absolute Gasteiger partial charge is 0.337 e. The van der Waals surface area contributed by atoms with Crippen LogP contribution in [0.5, 0.6) is 0 Å². The number of hydrogen-bond donors (Lipinski definition) is 2. The Morgan fingerprint density at radius 2 is 2.30 bits per heavy atom. The molecule has 0 aliphatic heterocycles. The van der Waals surface area contributed by atoms with Gasteiger partial charge in [-0.2, -0.15) is 0 Å². The predicted octanol–water partition coefficient (Wildman–Crippen LogP) is 2.67. The number of thiazole rings is 1. The highest BCUT2D eigenvalue weighted by Crippen LogP contribution is 2.19. The van der Waals surface area contributed by atoms with E-state index < -0.39 is 0 Å². The van der Waals surface area contributed by atoms with Gasteiger partial charge in [0, 0.05) is 30.5 Å². The maximum atomic E-state index is 12.0. The van der Waals surface area contributed by atoms with Crippen LogP contribution >= 0.6 is 11.3 Å². The number of nitrogens with zero attached hydrogens (tertiary/aromatic N) is 4. The van der Waals surface area contributed by atoms with Gasteiger partial charge in [0.05, 0.1) is 16.4 Å². The summed E-state index contributed by atoms with van der Waals surface area (Å²) in [5, 5.41) is 16.6. The number of urea groups is 1. The summed E-state index contributed by atoms with van der Waals surface area (Å²) in [4.78, 5) is 16.5. The van der Waals surface area contributed by atoms with Crippen molar-refractivity contribution in [2.24, 2.45) is 0 Å². The highest BCUT2D eigenvalue weighted by atomic mass is 32.1. The molecule has 3 heterocycles. The predicted molar refractivity (Wildman–Crippen MR) is 89.9 cm³/mol. The molecule has 2 N–H and O–H groups in total. The Morgan fingerprint density at radius 3 is 3.09 bits per heavy atom. The van der Waals surface area contributed by atoms with Gasteiger partial charge in [0.1, 0.15) is 6.33 Å². The number of anilines is 1. The molecule has 0 aliphatic rings. The molecular weight excluding hydrogens is 312 g/mol. The zero-order valence-corrected chi connectivity index (χ0v) is 13.8. The zero-order valence-electron chi connectivity index (χ0n) is 13.0. The Labute approximate surface area is 137 Å². The van der Waals surface area contributed by atoms with Crippen LogP contribution < -0.4 is 10.6 Å². The standard InChI is InChI=1S/C15H18N6OS/c1-10(2)14-18-11(8-23-14)5-6-16-15(22)19-12-4-3-7-21-9-17-20-13(12)21/h3-4,7-10H,5-6H2,1-2H3,(H2,16,19,22). The van der Waals surface area contributed by atoms with Crippen LogP contribution in [0.4, 0.5) is 10.5 Å². The first-order valence-electron chi connectivity index (χ1n) is 7.41. The molecule has 0 saturated carbocycles. The van der Waals surface area contributed by atoms with E-state index in [0.29, 0.717) is 30.2 Å². The minimum absolute atomic E-state index is 0.264. The summed E-state index contributed by atoms with van der Waals surface area (Å²) in [6.45, 7) is 4.78. The van der Waals surface area contributed by atoms with E-state index in [1.807, 2.05) is 17.6 Å². The molecule has 3 aromatic heterocycles. The van der Waals surface area contributed by atoms with Crippen molar-refractivity contribution in [3.8, 4) is 0 Å². The number of nitrogens with one attached hydrogen (secondary N) is 2. The SMILES string of the molecule is CC(C)c1nc(CCNC(=O)Nc2cccn3cnnc23)cs1. The third-order valence-electron chi connectivity index (χ3n) is 3.30. The van der Waals surface area contributed by atoms with Crippen LogP contribution in [-0.4, -0.2) is 32.2 Å². The highest BCUT2D eigenvalue weighted by molar-refractivity contribution is 7.09. The average molecular weight is 330 g/mol. The van der Waals surface area contributed by atoms with Gasteiger partial charge in [0.25, 0.3) is 0 Å². The maximum absolute atomic E-state index is 12.0. The van der Waals surface area contributed by atoms with E-state index in [4.69, 9.17) is 0 Å². The van der Waals surface area contributed by atoms with Crippen molar-refractivity contribution in [1.29, 1.82) is 0 Å². The molecule has 0 bridgehead atoms. The number of carbonyl (C=O) groups is 1. The summed E-state index contributed by atoms with van der Waals surface area (Å²) in [7, 11) is 0. The lowest BCUT2D eigenvalue weighted by Crippen LogP contribution is -2.30. The molecule has 3 rings (SSSR count). The summed E-state index contributed by atoms with van der Waals surface area (Å²) in [5.74, 6) is 0.439. The molecule has 0 aromatic carbocycles. The molecule has 23 heavy (non-hydrogen) atoms. The summed E-state index contributed by atoms with van der Waals surface area (Å²) >= 11 is 1.66. The Morgan fingerprint density at radius 1 is 1.43 bits per heavy atom. The van der Waals surface area contributed by atoms with Crippen LogP contribution in [0.15, 0.2) is 30.0 Å². The Hall–Kier alpha value is -2.48. The lowest BCUT2D eigenvalue weighted by atomic mass is 10.2. The van der Waals surface area contributed by atoms with Gasteiger partial charge in [0.2, 0.25) is 0 Å². The van der Waals surface area contributed by atoms with Gasteiger partial charge in [0.15, 0.2) is 5.65 Å². The summed E-state index contributed by atoms with van der Waals surface area (Å²) in [6, 6.07) is 3.36. The molecule has 0 radical (unpaired) electrons. The first-order chi connectivity index (χ1) is 11.1. The minimum Gasteiger partial charge on any atom is -0.337 e. The van der Waals surface area contributed by atoms with E-state index >= 15 is 0 Å². The normalized spacial score (nSPS) is 11.1. The third kappa shape index (κ3) is 3.65. The van der Waals surface area contributed by atoms with Crippen molar-refractivity contribution in [2.75, 3.05) is 11.9 Å². The molecule has 2 amide bonds. The summed E-state index contributed by atoms with van der Waals surface area (Å²) in [6.07, 6.45) is 4.13. The molecule has 120 valence electrons. The van der Waals surface area contributed by atoms with E-state index in [9.17, 15) is 4.79 Å². The molecule has 8 heteroatoms. The topological polar surface area (TPSA) is 84.2 Å². The number of carbonyl (C=O) groups excluding carboxylic acids is 1. The van der Waals surface area contributed by atoms with Crippen molar-refractivity contribution >= 4 is 28.7 Å². The smallest absolute Gasteiger partial charge is 0.319 e. The van der Waals surface area contributed by atoms with Gasteiger partial charge >= 0.3 is 6.03 Å². The quantitative estimate of drug-likeness (QED) is 0.753. The molecule has 3 aromatic rings. The number of hydrogen-bond acceptors (Lipinski definition) is 5. The van der Waals surface area contributed by atoms with Crippen LogP contribution in [0.1, 0.15) is 30.5 Å². The molecule has 0 fully saturated rings. The fourth-order valence-corrected chi connectivity index (χ4v) is 2.99. The van der Waals surface area contributed by atoms with Crippen LogP contribution in [0.25, 0.3) is 5.65 Å². The summed E-state index contributed by atoms with van der Waals surface area (Å²) in [5.41, 5.74) is 2.25. The van der Waals surface area contributed by atoms with E-state index in [-0.39, 0.29) is 6.03 Å². The fourth-order valence-electron chi connectivity index (χ4n) is 2.12. The Balaban J connectivity index is 1.52. The monoisotopic (exact) mass is 330 g/mol. The number of fused-ring (bicyclic) bond motifs is 1. The van der Waals surface area contributed by atoms with Crippen LogP contribution in [0.2, 0.25) is 0 Å². The molecular formula is C15H18N6OS. The van der Waals surface area contributed by atoms with Crippen molar-refractivity contribution in [2.45, 2.75) is 26.2 Å². The lowest BCUT2D eigenvalue weighted by Gasteiger charge is -2.07.